The molecule has 0 saturated heterocycles. The summed E-state index contributed by atoms with van der Waals surface area (Å²) in [5, 5.41) is 22.6. The van der Waals surface area contributed by atoms with Crippen molar-refractivity contribution in [2.45, 2.75) is 33.3 Å². The Morgan fingerprint density at radius 2 is 1.79 bits per heavy atom. The molecule has 1 aromatic carbocycles. The van der Waals surface area contributed by atoms with Gasteiger partial charge in [-0.1, -0.05) is 5.16 Å². The van der Waals surface area contributed by atoms with Crippen LogP contribution in [-0.2, 0) is 4.74 Å². The van der Waals surface area contributed by atoms with Crippen LogP contribution in [0.2, 0.25) is 0 Å². The van der Waals surface area contributed by atoms with Gasteiger partial charge in [-0.2, -0.15) is 4.90 Å². The average molecular weight is 334 g/mol. The number of hydrogen-bond acceptors (Lipinski definition) is 6. The molecule has 0 saturated carbocycles. The van der Waals surface area contributed by atoms with Crippen molar-refractivity contribution in [1.29, 1.82) is 0 Å². The van der Waals surface area contributed by atoms with Crippen LogP contribution >= 0.6 is 0 Å². The molecule has 24 heavy (non-hydrogen) atoms. The Bertz CT molecular complexity index is 758. The maximum atomic E-state index is 12.3. The maximum Gasteiger partial charge on any atom is 0.424 e. The normalized spacial score (nSPS) is 11.2. The minimum atomic E-state index is -1.52. The first-order chi connectivity index (χ1) is 11.1. The molecule has 0 fully saturated rings. The van der Waals surface area contributed by atoms with Crippen LogP contribution in [0.5, 0.6) is 5.75 Å². The molecular formula is C16H18N2O6. The van der Waals surface area contributed by atoms with E-state index in [0.29, 0.717) is 10.5 Å². The minimum absolute atomic E-state index is 0.0255. The van der Waals surface area contributed by atoms with E-state index in [1.165, 1.54) is 31.2 Å². The Kier molecular flexibility index (Phi) is 4.50. The van der Waals surface area contributed by atoms with Gasteiger partial charge in [0, 0.05) is 5.56 Å². The maximum absolute atomic E-state index is 12.3. The number of aromatic hydroxyl groups is 1. The van der Waals surface area contributed by atoms with Crippen LogP contribution in [0.1, 0.15) is 26.5 Å². The van der Waals surface area contributed by atoms with Crippen LogP contribution in [0, 0.1) is 6.92 Å². The lowest BCUT2D eigenvalue weighted by Gasteiger charge is -2.24. The zero-order chi connectivity index (χ0) is 18.1. The number of phenolic OH excluding ortho intramolecular Hbond substituents is 1. The fraction of sp³-hybridized carbons (Fsp3) is 0.312. The number of carboxylic acid groups (broad SMARTS) is 1. The third-order valence-corrected chi connectivity index (χ3v) is 2.95. The monoisotopic (exact) mass is 334 g/mol. The van der Waals surface area contributed by atoms with Crippen LogP contribution in [0.4, 0.5) is 15.3 Å². The number of aromatic nitrogens is 1. The second-order valence-electron chi connectivity index (χ2n) is 6.09. The van der Waals surface area contributed by atoms with Crippen LogP contribution in [0.25, 0.3) is 11.3 Å². The predicted molar refractivity (Wildman–Crippen MR) is 85.1 cm³/mol. The molecule has 1 heterocycles. The van der Waals surface area contributed by atoms with Gasteiger partial charge in [-0.15, -0.1) is 0 Å². The lowest BCUT2D eigenvalue weighted by atomic mass is 10.1. The number of ether oxygens (including phenoxy) is 1. The number of aryl methyl sites for hydroxylation is 1. The summed E-state index contributed by atoms with van der Waals surface area (Å²) in [6, 6.07) is 5.87. The van der Waals surface area contributed by atoms with Gasteiger partial charge in [0.05, 0.1) is 0 Å². The van der Waals surface area contributed by atoms with Gasteiger partial charge in [0.25, 0.3) is 0 Å². The molecule has 8 nitrogen and oxygen atoms in total. The first-order valence-electron chi connectivity index (χ1n) is 7.12. The molecule has 0 radical (unpaired) electrons. The highest BCUT2D eigenvalue weighted by Gasteiger charge is 2.34. The number of carbonyl (C=O) groups is 2. The summed E-state index contributed by atoms with van der Waals surface area (Å²) in [5.41, 5.74) is -0.221. The average Bonchev–Trinajstić information content (AvgIpc) is 2.80. The molecule has 2 N–H and O–H groups in total. The molecular weight excluding hydrogens is 316 g/mol. The second kappa shape index (κ2) is 6.23. The van der Waals surface area contributed by atoms with Gasteiger partial charge in [-0.05, 0) is 52.0 Å². The third-order valence-electron chi connectivity index (χ3n) is 2.95. The molecule has 0 spiro atoms. The molecule has 2 amide bonds. The molecule has 2 aromatic rings. The second-order valence-corrected chi connectivity index (χ2v) is 6.09. The molecule has 0 atom stereocenters. The van der Waals surface area contributed by atoms with E-state index in [-0.39, 0.29) is 22.9 Å². The first-order valence-corrected chi connectivity index (χ1v) is 7.12. The minimum Gasteiger partial charge on any atom is -0.508 e. The fourth-order valence-electron chi connectivity index (χ4n) is 2.00. The van der Waals surface area contributed by atoms with Gasteiger partial charge in [0.2, 0.25) is 0 Å². The van der Waals surface area contributed by atoms with E-state index in [9.17, 15) is 19.8 Å². The Hall–Kier alpha value is -3.03. The number of rotatable bonds is 2. The highest BCUT2D eigenvalue weighted by molar-refractivity contribution is 6.11. The number of benzene rings is 1. The topological polar surface area (TPSA) is 113 Å². The van der Waals surface area contributed by atoms with Gasteiger partial charge in [0.1, 0.15) is 22.7 Å². The third kappa shape index (κ3) is 3.65. The van der Waals surface area contributed by atoms with E-state index in [0.717, 1.165) is 0 Å². The van der Waals surface area contributed by atoms with Crippen LogP contribution < -0.4 is 4.90 Å². The van der Waals surface area contributed by atoms with E-state index < -0.39 is 17.8 Å². The van der Waals surface area contributed by atoms with Crippen molar-refractivity contribution in [2.24, 2.45) is 0 Å². The molecule has 128 valence electrons. The Morgan fingerprint density at radius 3 is 2.29 bits per heavy atom. The summed E-state index contributed by atoms with van der Waals surface area (Å²) in [4.78, 5) is 24.4. The number of amides is 2. The van der Waals surface area contributed by atoms with E-state index in [1.807, 2.05) is 0 Å². The van der Waals surface area contributed by atoms with Crippen LogP contribution in [0.3, 0.4) is 0 Å². The van der Waals surface area contributed by atoms with Gasteiger partial charge < -0.3 is 19.5 Å². The number of phenols is 1. The van der Waals surface area contributed by atoms with Gasteiger partial charge in [-0.3, -0.25) is 0 Å². The molecule has 2 rings (SSSR count). The largest absolute Gasteiger partial charge is 0.508 e. The molecule has 0 aliphatic rings. The van der Waals surface area contributed by atoms with Crippen molar-refractivity contribution in [3.63, 3.8) is 0 Å². The number of hydrogen-bond donors (Lipinski definition) is 2. The van der Waals surface area contributed by atoms with Gasteiger partial charge in [-0.25, -0.2) is 9.59 Å². The lowest BCUT2D eigenvalue weighted by molar-refractivity contribution is 0.0581. The van der Waals surface area contributed by atoms with Crippen molar-refractivity contribution in [1.82, 2.24) is 5.16 Å². The SMILES string of the molecule is Cc1noc(-c2ccc(O)cc2)c1N(C(=O)O)C(=O)OC(C)(C)C. The Labute approximate surface area is 138 Å². The van der Waals surface area contributed by atoms with E-state index in [4.69, 9.17) is 9.26 Å². The number of anilines is 1. The van der Waals surface area contributed by atoms with Crippen molar-refractivity contribution < 1.29 is 29.1 Å². The van der Waals surface area contributed by atoms with E-state index in [2.05, 4.69) is 5.16 Å². The molecule has 0 aliphatic carbocycles. The molecule has 1 aromatic heterocycles. The quantitative estimate of drug-likeness (QED) is 0.859. The van der Waals surface area contributed by atoms with E-state index >= 15 is 0 Å². The Morgan fingerprint density at radius 1 is 1.21 bits per heavy atom. The summed E-state index contributed by atoms with van der Waals surface area (Å²) in [6.07, 6.45) is -2.57. The van der Waals surface area contributed by atoms with Crippen molar-refractivity contribution >= 4 is 17.9 Å². The summed E-state index contributed by atoms with van der Waals surface area (Å²) in [6.45, 7) is 6.41. The molecule has 0 bridgehead atoms. The number of imide groups is 1. The zero-order valence-corrected chi connectivity index (χ0v) is 13.7. The summed E-state index contributed by atoms with van der Waals surface area (Å²) in [7, 11) is 0. The Balaban J connectivity index is 2.52. The first kappa shape index (κ1) is 17.3. The van der Waals surface area contributed by atoms with Crippen molar-refractivity contribution in [3.8, 4) is 17.1 Å². The predicted octanol–water partition coefficient (Wildman–Crippen LogP) is 3.78. The molecule has 0 unspecified atom stereocenters. The standard InChI is InChI=1S/C16H18N2O6/c1-9-12(18(14(20)21)15(22)23-16(2,3)4)13(24-17-9)10-5-7-11(19)8-6-10/h5-8,19H,1-4H3,(H,20,21). The van der Waals surface area contributed by atoms with Crippen LogP contribution in [0.15, 0.2) is 28.8 Å². The van der Waals surface area contributed by atoms with E-state index in [1.54, 1.807) is 20.8 Å². The number of carbonyl (C=O) groups excluding carboxylic acids is 1. The highest BCUT2D eigenvalue weighted by Crippen LogP contribution is 2.35. The summed E-state index contributed by atoms with van der Waals surface area (Å²) in [5.74, 6) is 0.125. The van der Waals surface area contributed by atoms with Crippen molar-refractivity contribution in [2.75, 3.05) is 4.90 Å². The fourth-order valence-corrected chi connectivity index (χ4v) is 2.00. The summed E-state index contributed by atoms with van der Waals surface area (Å²) >= 11 is 0. The lowest BCUT2D eigenvalue weighted by Crippen LogP contribution is -2.40. The van der Waals surface area contributed by atoms with Gasteiger partial charge >= 0.3 is 12.2 Å². The molecule has 8 heteroatoms. The molecule has 0 aliphatic heterocycles. The zero-order valence-electron chi connectivity index (χ0n) is 13.7. The van der Waals surface area contributed by atoms with Crippen molar-refractivity contribution in [3.05, 3.63) is 30.0 Å². The smallest absolute Gasteiger partial charge is 0.424 e. The van der Waals surface area contributed by atoms with Gasteiger partial charge in [0.15, 0.2) is 5.76 Å². The van der Waals surface area contributed by atoms with Crippen LogP contribution in [-0.4, -0.2) is 33.2 Å². The summed E-state index contributed by atoms with van der Waals surface area (Å²) < 4.78 is 10.3. The highest BCUT2D eigenvalue weighted by atomic mass is 16.6. The number of nitrogens with zero attached hydrogens (tertiary/aromatic N) is 2.